The summed E-state index contributed by atoms with van der Waals surface area (Å²) in [5, 5.41) is 7.06. The molecule has 164 valence electrons. The van der Waals surface area contributed by atoms with Gasteiger partial charge in [0.2, 0.25) is 0 Å². The third kappa shape index (κ3) is 5.47. The molecule has 3 aromatic rings. The lowest BCUT2D eigenvalue weighted by atomic mass is 10.2. The molecule has 1 aliphatic rings. The molecule has 3 heterocycles. The van der Waals surface area contributed by atoms with Crippen LogP contribution in [0.15, 0.2) is 42.0 Å². The van der Waals surface area contributed by atoms with Gasteiger partial charge in [-0.2, -0.15) is 5.10 Å². The van der Waals surface area contributed by atoms with Gasteiger partial charge in [0.05, 0.1) is 11.1 Å². The first-order valence-electron chi connectivity index (χ1n) is 10.5. The largest absolute Gasteiger partial charge is 0.489 e. The summed E-state index contributed by atoms with van der Waals surface area (Å²) in [6.45, 7) is 9.48. The topological polar surface area (TPSA) is 50.6 Å². The number of carbonyl (C=O) groups excluding carboxylic acids is 1. The van der Waals surface area contributed by atoms with Gasteiger partial charge in [-0.15, -0.1) is 11.3 Å². The Hall–Kier alpha value is -2.35. The van der Waals surface area contributed by atoms with E-state index in [0.29, 0.717) is 6.61 Å². The highest BCUT2D eigenvalue weighted by atomic mass is 35.5. The molecule has 1 amide bonds. The molecule has 1 aliphatic heterocycles. The number of benzene rings is 1. The van der Waals surface area contributed by atoms with Gasteiger partial charge in [-0.05, 0) is 49.1 Å². The number of aryl methyl sites for hydroxylation is 2. The van der Waals surface area contributed by atoms with Gasteiger partial charge in [0.25, 0.3) is 5.91 Å². The Bertz CT molecular complexity index is 1040. The molecule has 0 unspecified atom stereocenters. The Balaban J connectivity index is 1.27. The fourth-order valence-electron chi connectivity index (χ4n) is 3.62. The average Bonchev–Trinajstić information content (AvgIpc) is 3.44. The molecule has 1 fully saturated rings. The van der Waals surface area contributed by atoms with E-state index >= 15 is 0 Å². The molecular weight excluding hydrogens is 432 g/mol. The number of ether oxygens (including phenoxy) is 1. The summed E-state index contributed by atoms with van der Waals surface area (Å²) in [5.74, 6) is 0.888. The van der Waals surface area contributed by atoms with Crippen LogP contribution in [0.3, 0.4) is 0 Å². The summed E-state index contributed by atoms with van der Waals surface area (Å²) in [6, 6.07) is 7.57. The van der Waals surface area contributed by atoms with Crippen molar-refractivity contribution in [2.75, 3.05) is 26.2 Å². The summed E-state index contributed by atoms with van der Waals surface area (Å²) in [6.07, 6.45) is 4.03. The minimum Gasteiger partial charge on any atom is -0.489 e. The zero-order valence-corrected chi connectivity index (χ0v) is 19.5. The molecule has 0 saturated carbocycles. The monoisotopic (exact) mass is 458 g/mol. The van der Waals surface area contributed by atoms with Crippen LogP contribution in [0.5, 0.6) is 5.75 Å². The van der Waals surface area contributed by atoms with Gasteiger partial charge in [-0.25, -0.2) is 0 Å². The average molecular weight is 459 g/mol. The number of aromatic nitrogens is 2. The third-order valence-electron chi connectivity index (χ3n) is 5.48. The molecule has 0 N–H and O–H groups in total. The maximum Gasteiger partial charge on any atom is 0.264 e. The highest BCUT2D eigenvalue weighted by Gasteiger charge is 2.23. The second kappa shape index (κ2) is 9.85. The van der Waals surface area contributed by atoms with E-state index in [1.807, 2.05) is 52.3 Å². The highest BCUT2D eigenvalue weighted by molar-refractivity contribution is 7.12. The number of piperazine rings is 1. The van der Waals surface area contributed by atoms with Crippen molar-refractivity contribution in [3.63, 3.8) is 0 Å². The maximum atomic E-state index is 12.9. The van der Waals surface area contributed by atoms with Gasteiger partial charge in [0.15, 0.2) is 0 Å². The molecule has 0 spiro atoms. The van der Waals surface area contributed by atoms with E-state index in [1.54, 1.807) is 0 Å². The zero-order valence-electron chi connectivity index (χ0n) is 17.9. The lowest BCUT2D eigenvalue weighted by Gasteiger charge is -2.34. The molecule has 6 nitrogen and oxygen atoms in total. The smallest absolute Gasteiger partial charge is 0.264 e. The number of halogens is 1. The van der Waals surface area contributed by atoms with Crippen LogP contribution in [0.2, 0.25) is 5.02 Å². The van der Waals surface area contributed by atoms with Gasteiger partial charge in [-0.3, -0.25) is 14.4 Å². The van der Waals surface area contributed by atoms with Crippen molar-refractivity contribution < 1.29 is 9.53 Å². The van der Waals surface area contributed by atoms with Crippen LogP contribution in [0.4, 0.5) is 0 Å². The predicted octanol–water partition coefficient (Wildman–Crippen LogP) is 4.46. The normalized spacial score (nSPS) is 14.7. The van der Waals surface area contributed by atoms with Crippen LogP contribution in [0.1, 0.15) is 33.3 Å². The second-order valence-electron chi connectivity index (χ2n) is 7.79. The Morgan fingerprint density at radius 3 is 2.71 bits per heavy atom. The number of hydrogen-bond donors (Lipinski definition) is 0. The van der Waals surface area contributed by atoms with Gasteiger partial charge < -0.3 is 9.64 Å². The lowest BCUT2D eigenvalue weighted by molar-refractivity contribution is 0.0633. The third-order valence-corrected chi connectivity index (χ3v) is 6.87. The Kier molecular flexibility index (Phi) is 6.95. The molecule has 0 radical (unpaired) electrons. The fourth-order valence-corrected chi connectivity index (χ4v) is 4.60. The Morgan fingerprint density at radius 2 is 2.00 bits per heavy atom. The summed E-state index contributed by atoms with van der Waals surface area (Å²) in [7, 11) is 0. The van der Waals surface area contributed by atoms with E-state index in [-0.39, 0.29) is 5.91 Å². The highest BCUT2D eigenvalue weighted by Crippen LogP contribution is 2.23. The van der Waals surface area contributed by atoms with Crippen molar-refractivity contribution in [2.24, 2.45) is 0 Å². The standard InChI is InChI=1S/C23H27ClN4O2S/c1-3-28-14-19(12-25-28)13-26-6-8-27(9-7-26)23(29)22-11-18(16-31-22)15-30-20-4-5-21(24)17(2)10-20/h4-5,10-12,14,16H,3,6-9,13,15H2,1-2H3. The van der Waals surface area contributed by atoms with Crippen LogP contribution in [-0.2, 0) is 19.7 Å². The van der Waals surface area contributed by atoms with Crippen molar-refractivity contribution in [1.29, 1.82) is 0 Å². The van der Waals surface area contributed by atoms with Crippen LogP contribution in [-0.4, -0.2) is 51.7 Å². The SMILES string of the molecule is CCn1cc(CN2CCN(C(=O)c3cc(COc4ccc(Cl)c(C)c4)cs3)CC2)cn1. The fraction of sp³-hybridized carbons (Fsp3) is 0.391. The molecule has 8 heteroatoms. The van der Waals surface area contributed by atoms with E-state index < -0.39 is 0 Å². The van der Waals surface area contributed by atoms with Crippen molar-refractivity contribution >= 4 is 28.8 Å². The second-order valence-corrected chi connectivity index (χ2v) is 9.11. The zero-order chi connectivity index (χ0) is 21.8. The minimum absolute atomic E-state index is 0.108. The predicted molar refractivity (Wildman–Crippen MR) is 124 cm³/mol. The van der Waals surface area contributed by atoms with E-state index in [1.165, 1.54) is 16.9 Å². The molecule has 0 atom stereocenters. The number of thiophene rings is 1. The lowest BCUT2D eigenvalue weighted by Crippen LogP contribution is -2.48. The first-order valence-corrected chi connectivity index (χ1v) is 11.8. The van der Waals surface area contributed by atoms with Crippen LogP contribution >= 0.6 is 22.9 Å². The maximum absolute atomic E-state index is 12.9. The molecule has 0 aliphatic carbocycles. The van der Waals surface area contributed by atoms with E-state index in [0.717, 1.165) is 66.0 Å². The van der Waals surface area contributed by atoms with E-state index in [4.69, 9.17) is 16.3 Å². The van der Waals surface area contributed by atoms with E-state index in [9.17, 15) is 4.79 Å². The quantitative estimate of drug-likeness (QED) is 0.524. The van der Waals surface area contributed by atoms with E-state index in [2.05, 4.69) is 23.1 Å². The Labute approximate surface area is 192 Å². The van der Waals surface area contributed by atoms with Gasteiger partial charge >= 0.3 is 0 Å². The van der Waals surface area contributed by atoms with Crippen molar-refractivity contribution in [3.05, 3.63) is 68.6 Å². The first-order chi connectivity index (χ1) is 15.0. The van der Waals surface area contributed by atoms with Gasteiger partial charge in [0.1, 0.15) is 12.4 Å². The first kappa shape index (κ1) is 21.9. The number of nitrogens with zero attached hydrogens (tertiary/aromatic N) is 4. The molecule has 2 aromatic heterocycles. The number of carbonyl (C=O) groups is 1. The Morgan fingerprint density at radius 1 is 1.19 bits per heavy atom. The van der Waals surface area contributed by atoms with Gasteiger partial charge in [-0.1, -0.05) is 11.6 Å². The van der Waals surface area contributed by atoms with Gasteiger partial charge in [0, 0.05) is 61.6 Å². The molecule has 1 aromatic carbocycles. The van der Waals surface area contributed by atoms with Crippen molar-refractivity contribution in [2.45, 2.75) is 33.5 Å². The van der Waals surface area contributed by atoms with Crippen molar-refractivity contribution in [1.82, 2.24) is 19.6 Å². The van der Waals surface area contributed by atoms with Crippen LogP contribution in [0, 0.1) is 6.92 Å². The molecular formula is C23H27ClN4O2S. The number of hydrogen-bond acceptors (Lipinski definition) is 5. The molecule has 1 saturated heterocycles. The summed E-state index contributed by atoms with van der Waals surface area (Å²) >= 11 is 7.55. The number of amides is 1. The van der Waals surface area contributed by atoms with Crippen molar-refractivity contribution in [3.8, 4) is 5.75 Å². The van der Waals surface area contributed by atoms with Crippen LogP contribution in [0.25, 0.3) is 0 Å². The minimum atomic E-state index is 0.108. The summed E-state index contributed by atoms with van der Waals surface area (Å²) < 4.78 is 7.80. The summed E-state index contributed by atoms with van der Waals surface area (Å²) in [4.78, 5) is 18.0. The molecule has 0 bridgehead atoms. The molecule has 4 rings (SSSR count). The number of rotatable bonds is 7. The van der Waals surface area contributed by atoms with Crippen LogP contribution < -0.4 is 4.74 Å². The molecule has 31 heavy (non-hydrogen) atoms. The summed E-state index contributed by atoms with van der Waals surface area (Å²) in [5.41, 5.74) is 3.21.